The average Bonchev–Trinajstić information content (AvgIpc) is 2.61. The lowest BCUT2D eigenvalue weighted by molar-refractivity contribution is -0.117. The summed E-state index contributed by atoms with van der Waals surface area (Å²) in [7, 11) is 0. The second-order valence-corrected chi connectivity index (χ2v) is 6.55. The maximum absolute atomic E-state index is 13.6. The number of nitrogens with zero attached hydrogens (tertiary/aromatic N) is 1. The van der Waals surface area contributed by atoms with Crippen molar-refractivity contribution < 1.29 is 13.6 Å². The molecule has 0 aliphatic carbocycles. The fourth-order valence-corrected chi connectivity index (χ4v) is 3.30. The summed E-state index contributed by atoms with van der Waals surface area (Å²) < 4.78 is 27.2. The van der Waals surface area contributed by atoms with Crippen molar-refractivity contribution >= 4 is 11.6 Å². The van der Waals surface area contributed by atoms with Crippen LogP contribution in [0.5, 0.6) is 0 Å². The molecule has 1 heterocycles. The second-order valence-electron chi connectivity index (χ2n) is 6.55. The number of piperidine rings is 1. The van der Waals surface area contributed by atoms with Crippen molar-refractivity contribution in [2.75, 3.05) is 25.0 Å². The molecule has 1 aliphatic heterocycles. The molecule has 1 N–H and O–H groups in total. The predicted molar refractivity (Wildman–Crippen MR) is 94.3 cm³/mol. The summed E-state index contributed by atoms with van der Waals surface area (Å²) in [5.41, 5.74) is 0.972. The van der Waals surface area contributed by atoms with Crippen LogP contribution in [0.15, 0.2) is 48.5 Å². The minimum atomic E-state index is -0.755. The fraction of sp³-hybridized carbons (Fsp3) is 0.350. The highest BCUT2D eigenvalue weighted by atomic mass is 19.1. The van der Waals surface area contributed by atoms with Crippen LogP contribution in [0.2, 0.25) is 0 Å². The van der Waals surface area contributed by atoms with Crippen LogP contribution in [0.4, 0.5) is 14.5 Å². The summed E-state index contributed by atoms with van der Waals surface area (Å²) in [5, 5.41) is 2.35. The van der Waals surface area contributed by atoms with E-state index < -0.39 is 11.6 Å². The third-order valence-corrected chi connectivity index (χ3v) is 4.67. The Kier molecular flexibility index (Phi) is 5.76. The molecule has 25 heavy (non-hydrogen) atoms. The Morgan fingerprint density at radius 3 is 2.28 bits per heavy atom. The van der Waals surface area contributed by atoms with Gasteiger partial charge < -0.3 is 5.32 Å². The molecule has 3 nitrogen and oxygen atoms in total. The summed E-state index contributed by atoms with van der Waals surface area (Å²) in [6.45, 7) is 1.81. The number of likely N-dealkylation sites (tertiary alicyclic amines) is 1. The molecule has 2 aromatic carbocycles. The van der Waals surface area contributed by atoms with Crippen LogP contribution in [0, 0.1) is 17.6 Å². The van der Waals surface area contributed by atoms with Crippen LogP contribution in [0.25, 0.3) is 0 Å². The van der Waals surface area contributed by atoms with E-state index in [1.807, 2.05) is 11.0 Å². The highest BCUT2D eigenvalue weighted by Crippen LogP contribution is 2.22. The molecule has 1 amide bonds. The van der Waals surface area contributed by atoms with E-state index in [-0.39, 0.29) is 18.1 Å². The van der Waals surface area contributed by atoms with Gasteiger partial charge in [0.1, 0.15) is 17.3 Å². The molecule has 0 radical (unpaired) electrons. The number of hydrogen-bond acceptors (Lipinski definition) is 2. The number of nitrogens with one attached hydrogen (secondary N) is 1. The number of hydrogen-bond donors (Lipinski definition) is 1. The molecule has 2 aromatic rings. The number of carbonyl (C=O) groups is 1. The van der Waals surface area contributed by atoms with Gasteiger partial charge in [-0.2, -0.15) is 0 Å². The van der Waals surface area contributed by atoms with Gasteiger partial charge in [0.25, 0.3) is 0 Å². The highest BCUT2D eigenvalue weighted by molar-refractivity contribution is 5.92. The van der Waals surface area contributed by atoms with Crippen LogP contribution in [0.3, 0.4) is 0 Å². The van der Waals surface area contributed by atoms with Crippen molar-refractivity contribution in [2.24, 2.45) is 5.92 Å². The average molecular weight is 344 g/mol. The van der Waals surface area contributed by atoms with E-state index in [4.69, 9.17) is 0 Å². The summed E-state index contributed by atoms with van der Waals surface area (Å²) in [6, 6.07) is 13.9. The lowest BCUT2D eigenvalue weighted by atomic mass is 9.90. The number of carbonyl (C=O) groups excluding carboxylic acids is 1. The summed E-state index contributed by atoms with van der Waals surface area (Å²) in [4.78, 5) is 14.1. The van der Waals surface area contributed by atoms with Crippen LogP contribution >= 0.6 is 0 Å². The van der Waals surface area contributed by atoms with Gasteiger partial charge in [0.05, 0.1) is 6.54 Å². The minimum absolute atomic E-state index is 0.159. The van der Waals surface area contributed by atoms with Gasteiger partial charge >= 0.3 is 0 Å². The Morgan fingerprint density at radius 2 is 1.64 bits per heavy atom. The summed E-state index contributed by atoms with van der Waals surface area (Å²) in [5.74, 6) is -1.28. The van der Waals surface area contributed by atoms with Gasteiger partial charge in [0.15, 0.2) is 0 Å². The van der Waals surface area contributed by atoms with E-state index >= 15 is 0 Å². The maximum Gasteiger partial charge on any atom is 0.238 e. The van der Waals surface area contributed by atoms with Gasteiger partial charge in [-0.25, -0.2) is 8.78 Å². The molecule has 0 aromatic heterocycles. The molecule has 0 unspecified atom stereocenters. The molecule has 0 bridgehead atoms. The van der Waals surface area contributed by atoms with E-state index in [0.29, 0.717) is 5.92 Å². The van der Waals surface area contributed by atoms with Gasteiger partial charge in [0.2, 0.25) is 5.91 Å². The highest BCUT2D eigenvalue weighted by Gasteiger charge is 2.22. The van der Waals surface area contributed by atoms with Crippen molar-refractivity contribution in [1.29, 1.82) is 0 Å². The van der Waals surface area contributed by atoms with Crippen molar-refractivity contribution in [3.63, 3.8) is 0 Å². The van der Waals surface area contributed by atoms with Crippen LogP contribution in [0.1, 0.15) is 18.4 Å². The van der Waals surface area contributed by atoms with Gasteiger partial charge in [-0.05, 0) is 56.0 Å². The smallest absolute Gasteiger partial charge is 0.238 e. The first-order chi connectivity index (χ1) is 12.1. The van der Waals surface area contributed by atoms with Gasteiger partial charge in [-0.15, -0.1) is 0 Å². The maximum atomic E-state index is 13.6. The topological polar surface area (TPSA) is 32.3 Å². The molecule has 1 aliphatic rings. The number of amides is 1. The van der Waals surface area contributed by atoms with E-state index in [1.165, 1.54) is 11.6 Å². The Labute approximate surface area is 146 Å². The van der Waals surface area contributed by atoms with Crippen LogP contribution in [-0.2, 0) is 11.2 Å². The third kappa shape index (κ3) is 4.86. The predicted octanol–water partition coefficient (Wildman–Crippen LogP) is 3.86. The molecule has 0 atom stereocenters. The quantitative estimate of drug-likeness (QED) is 0.893. The molecule has 1 fully saturated rings. The standard InChI is InChI=1S/C20H22F2N2O/c21-17-7-4-8-18(22)20(17)23-19(25)14-24-11-9-16(10-12-24)13-15-5-2-1-3-6-15/h1-8,16H,9-14H2,(H,23,25). The first-order valence-corrected chi connectivity index (χ1v) is 8.62. The van der Waals surface area contributed by atoms with Gasteiger partial charge in [0, 0.05) is 0 Å². The van der Waals surface area contributed by atoms with Gasteiger partial charge in [-0.3, -0.25) is 9.69 Å². The minimum Gasteiger partial charge on any atom is -0.320 e. The van der Waals surface area contributed by atoms with Gasteiger partial charge in [-0.1, -0.05) is 36.4 Å². The van der Waals surface area contributed by atoms with E-state index in [2.05, 4.69) is 29.6 Å². The monoisotopic (exact) mass is 344 g/mol. The lowest BCUT2D eigenvalue weighted by Gasteiger charge is -2.31. The molecule has 5 heteroatoms. The molecule has 1 saturated heterocycles. The molecule has 132 valence electrons. The Balaban J connectivity index is 1.46. The molecule has 0 spiro atoms. The molecular weight excluding hydrogens is 322 g/mol. The number of halogens is 2. The number of para-hydroxylation sites is 1. The number of benzene rings is 2. The van der Waals surface area contributed by atoms with E-state index in [9.17, 15) is 13.6 Å². The molecule has 3 rings (SSSR count). The lowest BCUT2D eigenvalue weighted by Crippen LogP contribution is -2.39. The Hall–Kier alpha value is -2.27. The first-order valence-electron chi connectivity index (χ1n) is 8.62. The van der Waals surface area contributed by atoms with Crippen LogP contribution in [-0.4, -0.2) is 30.4 Å². The molecular formula is C20H22F2N2O. The molecule has 0 saturated carbocycles. The summed E-state index contributed by atoms with van der Waals surface area (Å²) >= 11 is 0. The zero-order chi connectivity index (χ0) is 17.6. The van der Waals surface area contributed by atoms with Crippen molar-refractivity contribution in [3.05, 3.63) is 65.7 Å². The zero-order valence-electron chi connectivity index (χ0n) is 14.1. The second kappa shape index (κ2) is 8.21. The van der Waals surface area contributed by atoms with Crippen molar-refractivity contribution in [1.82, 2.24) is 4.90 Å². The van der Waals surface area contributed by atoms with E-state index in [1.54, 1.807) is 0 Å². The SMILES string of the molecule is O=C(CN1CCC(Cc2ccccc2)CC1)Nc1c(F)cccc1F. The van der Waals surface area contributed by atoms with Crippen molar-refractivity contribution in [3.8, 4) is 0 Å². The largest absolute Gasteiger partial charge is 0.320 e. The first kappa shape index (κ1) is 17.5. The van der Waals surface area contributed by atoms with Crippen molar-refractivity contribution in [2.45, 2.75) is 19.3 Å². The Morgan fingerprint density at radius 1 is 1.00 bits per heavy atom. The summed E-state index contributed by atoms with van der Waals surface area (Å²) in [6.07, 6.45) is 3.10. The zero-order valence-corrected chi connectivity index (χ0v) is 14.1. The normalized spacial score (nSPS) is 15.9. The Bertz CT molecular complexity index is 693. The van der Waals surface area contributed by atoms with Crippen LogP contribution < -0.4 is 5.32 Å². The van der Waals surface area contributed by atoms with E-state index in [0.717, 1.165) is 44.5 Å². The number of rotatable bonds is 5. The third-order valence-electron chi connectivity index (χ3n) is 4.67. The number of anilines is 1. The fourth-order valence-electron chi connectivity index (χ4n) is 3.30.